The Labute approximate surface area is 809 Å². The molecule has 12 aliphatic rings. The van der Waals surface area contributed by atoms with Crippen LogP contribution in [0.2, 0.25) is 0 Å². The monoisotopic (exact) mass is 2090 g/mol. The van der Waals surface area contributed by atoms with Gasteiger partial charge in [0.1, 0.15) is 281 Å². The highest BCUT2D eigenvalue weighted by Crippen LogP contribution is 2.43. The minimum Gasteiger partial charge on any atom is -0.394 e. The van der Waals surface area contributed by atoms with E-state index < -0.39 is 458 Å². The first-order chi connectivity index (χ1) is 67.6. The van der Waals surface area contributed by atoms with Crippen LogP contribution in [0.15, 0.2) is 0 Å². The van der Waals surface area contributed by atoms with E-state index in [-0.39, 0.29) is 0 Å². The van der Waals surface area contributed by atoms with E-state index in [0.717, 1.165) is 27.7 Å². The third kappa shape index (κ3) is 25.9. The largest absolute Gasteiger partial charge is 0.394 e. The van der Waals surface area contributed by atoms with Crippen LogP contribution in [0.4, 0.5) is 0 Å². The molecule has 0 spiro atoms. The Bertz CT molecular complexity index is 3960. The lowest BCUT2D eigenvalue weighted by Gasteiger charge is -2.53. The van der Waals surface area contributed by atoms with Gasteiger partial charge < -0.3 is 294 Å². The highest BCUT2D eigenvalue weighted by atomic mass is 16.8. The summed E-state index contributed by atoms with van der Waals surface area (Å²) < 4.78 is 140. The molecule has 0 aromatic carbocycles. The van der Waals surface area contributed by atoms with E-state index in [1.165, 1.54) is 13.8 Å². The highest BCUT2D eigenvalue weighted by Gasteiger charge is 2.64. The summed E-state index contributed by atoms with van der Waals surface area (Å²) in [6.45, 7) is -6.01. The van der Waals surface area contributed by atoms with E-state index >= 15 is 0 Å². The van der Waals surface area contributed by atoms with Gasteiger partial charge in [0.05, 0.1) is 78.3 Å². The molecule has 143 heavy (non-hydrogen) atoms. The number of ether oxygens (including phenoxy) is 23. The molecule has 60 atom stereocenters. The molecule has 1 unspecified atom stereocenters. The summed E-state index contributed by atoms with van der Waals surface area (Å²) in [5, 5.41) is 372. The van der Waals surface area contributed by atoms with Crippen LogP contribution in [0.3, 0.4) is 0 Å². The Hall–Kier alpha value is -4.32. The quantitative estimate of drug-likeness (QED) is 0.0277. The van der Waals surface area contributed by atoms with Crippen LogP contribution in [-0.2, 0) is 128 Å². The lowest BCUT2D eigenvalue weighted by Crippen LogP contribution is -2.72. The Morgan fingerprint density at radius 2 is 0.455 bits per heavy atom. The van der Waals surface area contributed by atoms with Crippen LogP contribution in [-0.4, -0.2) is 621 Å². The summed E-state index contributed by atoms with van der Waals surface area (Å²) in [6.07, 6.45) is -123. The topological polar surface area (TPSA) is 976 Å². The fourth-order valence-electron chi connectivity index (χ4n) is 18.6. The predicted octanol–water partition coefficient (Wildman–Crippen LogP) is -24.5. The number of hydrogen-bond acceptors (Lipinski definition) is 59. The van der Waals surface area contributed by atoms with Crippen molar-refractivity contribution in [1.82, 2.24) is 21.3 Å². The van der Waals surface area contributed by atoms with Gasteiger partial charge in [0.2, 0.25) is 23.6 Å². The molecular formula is C80H134N4O59. The Morgan fingerprint density at radius 1 is 0.196 bits per heavy atom. The summed E-state index contributed by atoms with van der Waals surface area (Å²) in [5.41, 5.74) is 0. The molecule has 0 radical (unpaired) electrons. The SMILES string of the molecule is CC(=O)N[C@H]1[C@H](O[C@H]2[C@H](O)[C@@H](NC(C)=O)C(O)O[C@@H]2CO[C@@H]2O[C@@H](C)[C@@H](O)[C@@H](O)[C@@H]2O)O[C@H](CO)[C@@H](O[C@@H]2O[C@H](CO[C@H]3O[C@H](CO[C@H]4O[C@H](CO)[C@@H](O)[C@H](O)[C@@H]4O)[C@@H](O)[C@H](O[C@H]4O[C@H](CO)[C@@H](O)[C@H](O)[C@@H]4O)[C@@H]3O)[C@@H](O[C@@H]3O[C@H](CO)[C@@H](O)[C@H](O)[C@H]3NC(C)=O)[C@H](O[C@H]3O[C@H](CO)[C@@H](O)[C@H](O)[C@@H]3O[C@@H]3O[C@H](CO)[C@@H](O[C@@H]4O[C@H](CO)[C@H](O)[C@H](O)[C@H]4O)[C@H](O[C@@H]4O[C@@H](C)[C@@H](O)[C@@H](O)[C@@H]4O)[C@H]3NC(C)=O)[C@@H]2O)[C@@H]1O. The zero-order valence-corrected chi connectivity index (χ0v) is 77.0. The fraction of sp³-hybridized carbons (Fsp3) is 0.950. The number of carbonyl (C=O) groups excluding carboxylic acids is 4. The van der Waals surface area contributed by atoms with E-state index in [1.54, 1.807) is 0 Å². The molecule has 0 aromatic rings. The molecular weight excluding hydrogens is 1960 g/mol. The second kappa shape index (κ2) is 51.0. The Balaban J connectivity index is 0.983. The summed E-state index contributed by atoms with van der Waals surface area (Å²) >= 11 is 0. The fourth-order valence-corrected chi connectivity index (χ4v) is 18.6. The molecule has 0 aliphatic carbocycles. The summed E-state index contributed by atoms with van der Waals surface area (Å²) in [6, 6.07) is -8.33. The molecule has 0 bridgehead atoms. The van der Waals surface area contributed by atoms with Gasteiger partial charge in [0, 0.05) is 27.7 Å². The molecule has 0 aromatic heterocycles. The van der Waals surface area contributed by atoms with Gasteiger partial charge in [-0.3, -0.25) is 19.2 Å². The molecule has 63 nitrogen and oxygen atoms in total. The van der Waals surface area contributed by atoms with Crippen LogP contribution in [0, 0.1) is 0 Å². The zero-order valence-electron chi connectivity index (χ0n) is 77.0. The zero-order chi connectivity index (χ0) is 105. The lowest BCUT2D eigenvalue weighted by atomic mass is 9.93. The van der Waals surface area contributed by atoms with Crippen molar-refractivity contribution in [3.05, 3.63) is 0 Å². The molecule has 0 saturated carbocycles. The normalized spacial score (nSPS) is 50.7. The third-order valence-electron chi connectivity index (χ3n) is 26.6. The van der Waals surface area contributed by atoms with Crippen LogP contribution < -0.4 is 21.3 Å². The molecule has 828 valence electrons. The van der Waals surface area contributed by atoms with Crippen LogP contribution in [0.25, 0.3) is 0 Å². The van der Waals surface area contributed by atoms with Crippen molar-refractivity contribution >= 4 is 23.6 Å². The number of aliphatic hydroxyl groups excluding tert-OH is 32. The Morgan fingerprint density at radius 3 is 0.930 bits per heavy atom. The first-order valence-electron chi connectivity index (χ1n) is 45.9. The highest BCUT2D eigenvalue weighted by molar-refractivity contribution is 5.74. The average molecular weight is 2100 g/mol. The molecule has 36 N–H and O–H groups in total. The van der Waals surface area contributed by atoms with Gasteiger partial charge in [-0.2, -0.15) is 0 Å². The van der Waals surface area contributed by atoms with Crippen molar-refractivity contribution < 1.29 is 292 Å². The molecule has 63 heteroatoms. The van der Waals surface area contributed by atoms with Crippen molar-refractivity contribution in [3.63, 3.8) is 0 Å². The maximum absolute atomic E-state index is 13.8. The lowest BCUT2D eigenvalue weighted by molar-refractivity contribution is -0.411. The van der Waals surface area contributed by atoms with E-state index in [1.807, 2.05) is 0 Å². The average Bonchev–Trinajstić information content (AvgIpc) is 0.753. The Kier molecular flexibility index (Phi) is 41.8. The van der Waals surface area contributed by atoms with Gasteiger partial charge in [0.15, 0.2) is 75.5 Å². The van der Waals surface area contributed by atoms with Gasteiger partial charge in [-0.15, -0.1) is 0 Å². The predicted molar refractivity (Wildman–Crippen MR) is 439 cm³/mol. The summed E-state index contributed by atoms with van der Waals surface area (Å²) in [4.78, 5) is 53.4. The maximum atomic E-state index is 13.8. The molecule has 12 fully saturated rings. The first-order valence-corrected chi connectivity index (χ1v) is 45.9. The van der Waals surface area contributed by atoms with Crippen LogP contribution in [0.1, 0.15) is 41.5 Å². The molecule has 12 rings (SSSR count). The number of rotatable bonds is 36. The van der Waals surface area contributed by atoms with E-state index in [2.05, 4.69) is 21.3 Å². The molecule has 12 heterocycles. The second-order valence-corrected chi connectivity index (χ2v) is 36.6. The van der Waals surface area contributed by atoms with Gasteiger partial charge in [-0.05, 0) is 13.8 Å². The number of hydrogen-bond donors (Lipinski definition) is 36. The van der Waals surface area contributed by atoms with Gasteiger partial charge >= 0.3 is 0 Å². The maximum Gasteiger partial charge on any atom is 0.217 e. The van der Waals surface area contributed by atoms with Crippen LogP contribution in [0.5, 0.6) is 0 Å². The van der Waals surface area contributed by atoms with Crippen molar-refractivity contribution in [2.45, 2.75) is 410 Å². The smallest absolute Gasteiger partial charge is 0.217 e. The van der Waals surface area contributed by atoms with Crippen molar-refractivity contribution in [1.29, 1.82) is 0 Å². The second-order valence-electron chi connectivity index (χ2n) is 36.6. The van der Waals surface area contributed by atoms with Gasteiger partial charge in [-0.25, -0.2) is 0 Å². The summed E-state index contributed by atoms with van der Waals surface area (Å²) in [5.74, 6) is -4.14. The van der Waals surface area contributed by atoms with Gasteiger partial charge in [-0.1, -0.05) is 0 Å². The van der Waals surface area contributed by atoms with Crippen molar-refractivity contribution in [3.8, 4) is 0 Å². The van der Waals surface area contributed by atoms with Crippen LogP contribution >= 0.6 is 0 Å². The van der Waals surface area contributed by atoms with E-state index in [4.69, 9.17) is 109 Å². The number of carbonyl (C=O) groups is 4. The number of nitrogens with one attached hydrogen (secondary N) is 4. The van der Waals surface area contributed by atoms with Gasteiger partial charge in [0.25, 0.3) is 0 Å². The standard InChI is InChI=1S/C80H134N4O59/c1-17-37(96)48(107)54(113)73(124-17)122-15-31-62(46(105)33(69(120)126-31)81-19(3)92)136-71-35(83-21(5)94)47(106)61(28(12-90)132-71)137-79-60(119)67(142-80-68(53(112)43(102)27(11-89)131-80)143-72-36(84-22(6)95)65(140-76-56(115)49(108)38(97)18(2)125-76)63(29(13-91)133-72)139-77-57(116)51(110)41(100)25(9-87)129-77)64(138-70-34(82-20(4)93)45(104)39(98)23(7-85)127-70)32(135-79)16-123-75-59(118)66(141-78-58(117)52(111)42(101)26(10-88)130-78)44(103)30(134-75)14-121-74-55(114)50(109)40(99)24(8-86)128-74/h17-18,23-80,85-91,96-120H,7-16H2,1-6H3,(H,81,92)(H,82,93)(H,83,94)(H,84,95)/t17-,18-,23+,24+,25+,26+,27+,28+,29+,30+,31+,32+,33+,34+,35+,36+,37+,38+,39+,40+,41-,42+,43+,44+,45+,46+,47+,48+,49+,50-,51-,52-,53-,54-,55-,56-,57+,58-,59-,60-,61+,62+,63+,64+,65+,66-,67+,68-,69?,70-,71-,72-,73+,74-,75-,76-,77-,78+,79-,80+/m0/s1. The number of aliphatic hydroxyl groups is 32. The van der Waals surface area contributed by atoms with Crippen molar-refractivity contribution in [2.75, 3.05) is 66.1 Å². The minimum absolute atomic E-state index is 0.858. The molecule has 4 amide bonds. The summed E-state index contributed by atoms with van der Waals surface area (Å²) in [7, 11) is 0. The van der Waals surface area contributed by atoms with Crippen molar-refractivity contribution in [2.24, 2.45) is 0 Å². The number of amides is 4. The molecule has 12 aliphatic heterocycles. The van der Waals surface area contributed by atoms with E-state index in [0.29, 0.717) is 0 Å². The first kappa shape index (κ1) is 117. The third-order valence-corrected chi connectivity index (χ3v) is 26.6. The van der Waals surface area contributed by atoms with E-state index in [9.17, 15) is 183 Å². The minimum atomic E-state index is -2.89. The molecule has 12 saturated heterocycles.